The highest BCUT2D eigenvalue weighted by Crippen LogP contribution is 2.04. The lowest BCUT2D eigenvalue weighted by molar-refractivity contribution is -0.139. The number of rotatable bonds is 6. The van der Waals surface area contributed by atoms with Crippen LogP contribution in [-0.2, 0) is 22.6 Å². The minimum atomic E-state index is -1.26. The highest BCUT2D eigenvalue weighted by atomic mass is 16.5. The number of carboxylic acid groups (broad SMARTS) is 1. The number of hydrogen-bond acceptors (Lipinski definition) is 6. The number of aliphatic carboxylic acids is 1. The van der Waals surface area contributed by atoms with Crippen molar-refractivity contribution in [1.29, 1.82) is 0 Å². The highest BCUT2D eigenvalue weighted by Gasteiger charge is 2.22. The fourth-order valence-electron chi connectivity index (χ4n) is 1.97. The van der Waals surface area contributed by atoms with Crippen molar-refractivity contribution in [2.45, 2.75) is 19.1 Å². The van der Waals surface area contributed by atoms with Crippen LogP contribution in [0.3, 0.4) is 0 Å². The third-order valence-electron chi connectivity index (χ3n) is 3.21. The number of benzene rings is 1. The number of nitrogens with one attached hydrogen (secondary N) is 2. The summed E-state index contributed by atoms with van der Waals surface area (Å²) in [6.07, 6.45) is 1.51. The first-order valence-corrected chi connectivity index (χ1v) is 7.23. The van der Waals surface area contributed by atoms with Gasteiger partial charge in [-0.25, -0.2) is 25.2 Å². The van der Waals surface area contributed by atoms with E-state index in [1.54, 1.807) is 24.3 Å². The summed E-state index contributed by atoms with van der Waals surface area (Å²) in [5, 5.41) is 11.5. The summed E-state index contributed by atoms with van der Waals surface area (Å²) in [6.45, 7) is 0.0182. The van der Waals surface area contributed by atoms with Crippen LogP contribution in [-0.4, -0.2) is 38.8 Å². The second kappa shape index (κ2) is 8.45. The topological polar surface area (TPSA) is 149 Å². The van der Waals surface area contributed by atoms with Crippen molar-refractivity contribution in [2.24, 2.45) is 5.84 Å². The SMILES string of the molecule is NNC(=O)n1cnc(C[C@H](NC(=O)OCc2ccccc2)C(=O)O)c1. The number of nitrogens with two attached hydrogens (primary N) is 1. The van der Waals surface area contributed by atoms with Gasteiger partial charge in [0.2, 0.25) is 0 Å². The molecule has 25 heavy (non-hydrogen) atoms. The molecule has 0 aliphatic carbocycles. The Balaban J connectivity index is 1.91. The van der Waals surface area contributed by atoms with Crippen molar-refractivity contribution in [1.82, 2.24) is 20.3 Å². The molecule has 0 saturated carbocycles. The van der Waals surface area contributed by atoms with E-state index in [9.17, 15) is 19.5 Å². The van der Waals surface area contributed by atoms with Crippen molar-refractivity contribution in [3.8, 4) is 0 Å². The number of aromatic nitrogens is 2. The Morgan fingerprint density at radius 1 is 1.28 bits per heavy atom. The van der Waals surface area contributed by atoms with E-state index in [4.69, 9.17) is 10.6 Å². The average Bonchev–Trinajstić information content (AvgIpc) is 3.08. The standard InChI is InChI=1S/C15H17N5O5/c16-19-14(23)20-7-11(17-9-20)6-12(13(21)22)18-15(24)25-8-10-4-2-1-3-5-10/h1-5,7,9,12H,6,8,16H2,(H,18,24)(H,19,23)(H,21,22)/t12-/m0/s1. The monoisotopic (exact) mass is 347 g/mol. The molecule has 0 aliphatic heterocycles. The summed E-state index contributed by atoms with van der Waals surface area (Å²) in [5.74, 6) is 3.74. The summed E-state index contributed by atoms with van der Waals surface area (Å²) >= 11 is 0. The van der Waals surface area contributed by atoms with E-state index >= 15 is 0 Å². The summed E-state index contributed by atoms with van der Waals surface area (Å²) in [4.78, 5) is 38.3. The molecule has 2 amide bonds. The molecule has 2 aromatic rings. The maximum absolute atomic E-state index is 11.8. The van der Waals surface area contributed by atoms with Gasteiger partial charge >= 0.3 is 18.1 Å². The van der Waals surface area contributed by atoms with E-state index in [2.05, 4.69) is 10.3 Å². The van der Waals surface area contributed by atoms with Gasteiger partial charge in [-0.15, -0.1) is 0 Å². The van der Waals surface area contributed by atoms with E-state index in [0.29, 0.717) is 5.69 Å². The third-order valence-corrected chi connectivity index (χ3v) is 3.21. The maximum Gasteiger partial charge on any atom is 0.408 e. The normalized spacial score (nSPS) is 11.4. The predicted octanol–water partition coefficient (Wildman–Crippen LogP) is 0.237. The lowest BCUT2D eigenvalue weighted by Gasteiger charge is -2.13. The Morgan fingerprint density at radius 2 is 2.00 bits per heavy atom. The van der Waals surface area contributed by atoms with E-state index in [1.165, 1.54) is 12.5 Å². The molecule has 1 atom stereocenters. The minimum absolute atomic E-state index is 0.0182. The number of hydrogen-bond donors (Lipinski definition) is 4. The van der Waals surface area contributed by atoms with Crippen molar-refractivity contribution < 1.29 is 24.2 Å². The predicted molar refractivity (Wildman–Crippen MR) is 85.2 cm³/mol. The number of amides is 2. The Hall–Kier alpha value is -3.40. The van der Waals surface area contributed by atoms with Crippen LogP contribution in [0.1, 0.15) is 11.3 Å². The van der Waals surface area contributed by atoms with Crippen molar-refractivity contribution in [3.05, 3.63) is 54.1 Å². The highest BCUT2D eigenvalue weighted by molar-refractivity contribution is 5.80. The van der Waals surface area contributed by atoms with Gasteiger partial charge < -0.3 is 15.2 Å². The van der Waals surface area contributed by atoms with Crippen molar-refractivity contribution in [2.75, 3.05) is 0 Å². The Morgan fingerprint density at radius 3 is 2.64 bits per heavy atom. The number of ether oxygens (including phenoxy) is 1. The molecule has 0 radical (unpaired) electrons. The molecule has 2 rings (SSSR count). The molecule has 10 nitrogen and oxygen atoms in total. The number of carbonyl (C=O) groups excluding carboxylic acids is 2. The van der Waals surface area contributed by atoms with E-state index in [0.717, 1.165) is 10.1 Å². The molecule has 0 saturated heterocycles. The summed E-state index contributed by atoms with van der Waals surface area (Å²) in [5.41, 5.74) is 2.98. The molecule has 132 valence electrons. The smallest absolute Gasteiger partial charge is 0.408 e. The molecule has 0 bridgehead atoms. The van der Waals surface area contributed by atoms with Gasteiger partial charge in [0, 0.05) is 12.6 Å². The van der Waals surface area contributed by atoms with Crippen LogP contribution in [0.25, 0.3) is 0 Å². The van der Waals surface area contributed by atoms with Gasteiger partial charge in [-0.05, 0) is 5.56 Å². The number of hydrazine groups is 1. The van der Waals surface area contributed by atoms with Crippen LogP contribution in [0.5, 0.6) is 0 Å². The van der Waals surface area contributed by atoms with Gasteiger partial charge in [-0.2, -0.15) is 0 Å². The molecular weight excluding hydrogens is 330 g/mol. The zero-order chi connectivity index (χ0) is 18.2. The van der Waals surface area contributed by atoms with E-state index in [-0.39, 0.29) is 13.0 Å². The van der Waals surface area contributed by atoms with Crippen molar-refractivity contribution in [3.63, 3.8) is 0 Å². The van der Waals surface area contributed by atoms with Gasteiger partial charge in [0.05, 0.1) is 5.69 Å². The molecule has 0 aliphatic rings. The Labute approximate surface area is 142 Å². The molecular formula is C15H17N5O5. The second-order valence-electron chi connectivity index (χ2n) is 5.02. The molecule has 10 heteroatoms. The number of carbonyl (C=O) groups is 3. The molecule has 0 fully saturated rings. The molecule has 5 N–H and O–H groups in total. The number of carboxylic acids is 1. The third kappa shape index (κ3) is 5.32. The zero-order valence-corrected chi connectivity index (χ0v) is 13.1. The molecule has 0 unspecified atom stereocenters. The molecule has 0 spiro atoms. The lowest BCUT2D eigenvalue weighted by atomic mass is 10.2. The zero-order valence-electron chi connectivity index (χ0n) is 13.1. The van der Waals surface area contributed by atoms with Gasteiger partial charge in [0.25, 0.3) is 0 Å². The van der Waals surface area contributed by atoms with Crippen LogP contribution in [0.2, 0.25) is 0 Å². The van der Waals surface area contributed by atoms with Crippen LogP contribution in [0.4, 0.5) is 9.59 Å². The Bertz CT molecular complexity index is 746. The number of nitrogen functional groups attached to an aromatic ring is 1. The van der Waals surface area contributed by atoms with Crippen LogP contribution >= 0.6 is 0 Å². The molecule has 1 heterocycles. The first-order valence-electron chi connectivity index (χ1n) is 7.23. The van der Waals surface area contributed by atoms with Crippen LogP contribution in [0.15, 0.2) is 42.9 Å². The second-order valence-corrected chi connectivity index (χ2v) is 5.02. The Kier molecular flexibility index (Phi) is 6.07. The number of nitrogens with zero attached hydrogens (tertiary/aromatic N) is 2. The van der Waals surface area contributed by atoms with Crippen LogP contribution < -0.4 is 16.6 Å². The molecule has 1 aromatic heterocycles. The molecule has 1 aromatic carbocycles. The van der Waals surface area contributed by atoms with E-state index < -0.39 is 24.1 Å². The number of imidazole rings is 1. The van der Waals surface area contributed by atoms with Crippen LogP contribution in [0, 0.1) is 0 Å². The van der Waals surface area contributed by atoms with Gasteiger partial charge in [0.15, 0.2) is 0 Å². The minimum Gasteiger partial charge on any atom is -0.480 e. The number of alkyl carbamates (subject to hydrolysis) is 1. The largest absolute Gasteiger partial charge is 0.480 e. The summed E-state index contributed by atoms with van der Waals surface area (Å²) in [6, 6.07) is 7.09. The van der Waals surface area contributed by atoms with Gasteiger partial charge in [-0.1, -0.05) is 30.3 Å². The summed E-state index contributed by atoms with van der Waals surface area (Å²) < 4.78 is 6.05. The first-order chi connectivity index (χ1) is 12.0. The van der Waals surface area contributed by atoms with Gasteiger partial charge in [-0.3, -0.25) is 9.99 Å². The van der Waals surface area contributed by atoms with Crippen molar-refractivity contribution >= 4 is 18.1 Å². The fraction of sp³-hybridized carbons (Fsp3) is 0.200. The lowest BCUT2D eigenvalue weighted by Crippen LogP contribution is -2.42. The fourth-order valence-corrected chi connectivity index (χ4v) is 1.97. The average molecular weight is 347 g/mol. The first kappa shape index (κ1) is 17.9. The maximum atomic E-state index is 11.8. The summed E-state index contributed by atoms with van der Waals surface area (Å²) in [7, 11) is 0. The van der Waals surface area contributed by atoms with E-state index in [1.807, 2.05) is 11.5 Å². The quantitative estimate of drug-likeness (QED) is 0.332. The van der Waals surface area contributed by atoms with Gasteiger partial charge in [0.1, 0.15) is 19.0 Å².